The molecule has 3 saturated heterocycles. The van der Waals surface area contributed by atoms with Crippen molar-refractivity contribution in [2.75, 3.05) is 58.5 Å². The highest BCUT2D eigenvalue weighted by molar-refractivity contribution is 7.98. The molecule has 0 spiro atoms. The monoisotopic (exact) mass is 559 g/mol. The molecule has 0 amide bonds. The number of halogens is 3. The third kappa shape index (κ3) is 7.00. The zero-order chi connectivity index (χ0) is 26.6. The molecular weight excluding hydrogens is 523 g/mol. The lowest BCUT2D eigenvalue weighted by atomic mass is 9.93. The number of morpholine rings is 1. The average Bonchev–Trinajstić information content (AvgIpc) is 3.37. The van der Waals surface area contributed by atoms with Crippen LogP contribution in [0.3, 0.4) is 0 Å². The summed E-state index contributed by atoms with van der Waals surface area (Å²) in [5.41, 5.74) is -2.10. The van der Waals surface area contributed by atoms with Crippen molar-refractivity contribution >= 4 is 29.0 Å². The lowest BCUT2D eigenvalue weighted by Crippen LogP contribution is -2.56. The van der Waals surface area contributed by atoms with Gasteiger partial charge >= 0.3 is 6.18 Å². The molecule has 3 fully saturated rings. The normalized spacial score (nSPS) is 26.8. The molecule has 3 atom stereocenters. The molecular formula is C26H36F3N3O3S2. The molecule has 0 radical (unpaired) electrons. The van der Waals surface area contributed by atoms with E-state index in [-0.39, 0.29) is 5.56 Å². The van der Waals surface area contributed by atoms with E-state index in [9.17, 15) is 18.3 Å². The zero-order valence-electron chi connectivity index (χ0n) is 21.5. The number of hydrogen-bond acceptors (Lipinski definition) is 8. The Morgan fingerprint density at radius 2 is 1.65 bits per heavy atom. The second-order valence-corrected chi connectivity index (χ2v) is 12.2. The van der Waals surface area contributed by atoms with Gasteiger partial charge in [0.1, 0.15) is 0 Å². The van der Waals surface area contributed by atoms with E-state index in [1.54, 1.807) is 35.4 Å². The SMILES string of the molecule is CC(O)(c1ccc(N2CCN(Sc3cccs3)CC2)cc1)C(F)(F)F.COC1CC2COCC(C1)N2C. The summed E-state index contributed by atoms with van der Waals surface area (Å²) in [5, 5.41) is 11.8. The van der Waals surface area contributed by atoms with Gasteiger partial charge in [0.2, 0.25) is 0 Å². The first-order chi connectivity index (χ1) is 17.6. The van der Waals surface area contributed by atoms with Gasteiger partial charge in [-0.15, -0.1) is 11.3 Å². The van der Waals surface area contributed by atoms with E-state index in [4.69, 9.17) is 9.47 Å². The summed E-state index contributed by atoms with van der Waals surface area (Å²) in [6.07, 6.45) is -1.98. The van der Waals surface area contributed by atoms with Gasteiger partial charge in [-0.1, -0.05) is 18.2 Å². The number of benzene rings is 1. The van der Waals surface area contributed by atoms with Gasteiger partial charge < -0.3 is 19.5 Å². The van der Waals surface area contributed by atoms with Crippen LogP contribution in [0.15, 0.2) is 46.0 Å². The third-order valence-corrected chi connectivity index (χ3v) is 9.59. The van der Waals surface area contributed by atoms with Crippen molar-refractivity contribution in [3.8, 4) is 0 Å². The molecule has 0 saturated carbocycles. The Kier molecular flexibility index (Phi) is 9.48. The fourth-order valence-corrected chi connectivity index (χ4v) is 6.72. The maximum atomic E-state index is 12.9. The number of fused-ring (bicyclic) bond motifs is 2. The van der Waals surface area contributed by atoms with Crippen LogP contribution < -0.4 is 4.90 Å². The van der Waals surface area contributed by atoms with Crippen LogP contribution in [0.2, 0.25) is 0 Å². The van der Waals surface area contributed by atoms with E-state index in [1.165, 1.54) is 16.3 Å². The number of methoxy groups -OCH3 is 1. The summed E-state index contributed by atoms with van der Waals surface area (Å²) in [7, 11) is 4.01. The van der Waals surface area contributed by atoms with E-state index in [2.05, 4.69) is 32.6 Å². The lowest BCUT2D eigenvalue weighted by molar-refractivity contribution is -0.258. The third-order valence-electron chi connectivity index (χ3n) is 7.48. The molecule has 1 N–H and O–H groups in total. The number of anilines is 1. The highest BCUT2D eigenvalue weighted by Gasteiger charge is 2.51. The van der Waals surface area contributed by atoms with Crippen molar-refractivity contribution in [2.45, 2.75) is 53.9 Å². The number of alkyl halides is 3. The molecule has 0 aliphatic carbocycles. The summed E-state index contributed by atoms with van der Waals surface area (Å²) >= 11 is 3.46. The summed E-state index contributed by atoms with van der Waals surface area (Å²) in [5.74, 6) is 0. The van der Waals surface area contributed by atoms with Gasteiger partial charge in [-0.3, -0.25) is 4.90 Å². The van der Waals surface area contributed by atoms with Crippen molar-refractivity contribution in [1.29, 1.82) is 0 Å². The van der Waals surface area contributed by atoms with Crippen LogP contribution >= 0.6 is 23.3 Å². The first-order valence-electron chi connectivity index (χ1n) is 12.5. The van der Waals surface area contributed by atoms with Crippen molar-refractivity contribution in [3.63, 3.8) is 0 Å². The standard InChI is InChI=1S/C17H19F3N2OS2.C9H17NO2/c1-16(23,17(18,19)20)13-4-6-14(7-5-13)21-8-10-22(11-9-21)25-15-3-2-12-24-15;1-10-7-3-9(11-2)4-8(10)6-12-5-7/h2-7,12,23H,8-11H2,1H3;7-9H,3-6H2,1-2H3. The van der Waals surface area contributed by atoms with E-state index in [0.717, 1.165) is 64.8 Å². The number of piperazine rings is 1. The Balaban J connectivity index is 0.000000222. The average molecular weight is 560 g/mol. The maximum Gasteiger partial charge on any atom is 0.421 e. The molecule has 37 heavy (non-hydrogen) atoms. The van der Waals surface area contributed by atoms with Crippen LogP contribution in [0.1, 0.15) is 25.3 Å². The van der Waals surface area contributed by atoms with Gasteiger partial charge in [0, 0.05) is 51.1 Å². The highest BCUT2D eigenvalue weighted by atomic mass is 32.2. The van der Waals surface area contributed by atoms with Gasteiger partial charge in [0.05, 0.1) is 23.5 Å². The number of ether oxygens (including phenoxy) is 2. The fraction of sp³-hybridized carbons (Fsp3) is 0.615. The van der Waals surface area contributed by atoms with Gasteiger partial charge in [0.25, 0.3) is 0 Å². The molecule has 1 aromatic heterocycles. The summed E-state index contributed by atoms with van der Waals surface area (Å²) < 4.78 is 53.2. The summed E-state index contributed by atoms with van der Waals surface area (Å²) in [4.78, 5) is 4.59. The quantitative estimate of drug-likeness (QED) is 0.526. The molecule has 11 heteroatoms. The molecule has 2 bridgehead atoms. The minimum absolute atomic E-state index is 0.143. The number of nitrogens with zero attached hydrogens (tertiary/aromatic N) is 3. The van der Waals surface area contributed by atoms with E-state index in [1.807, 2.05) is 13.2 Å². The first kappa shape index (κ1) is 28.7. The van der Waals surface area contributed by atoms with Crippen molar-refractivity contribution in [2.24, 2.45) is 0 Å². The second kappa shape index (κ2) is 12.2. The van der Waals surface area contributed by atoms with Crippen LogP contribution in [-0.4, -0.2) is 92.2 Å². The largest absolute Gasteiger partial charge is 0.421 e. The smallest absolute Gasteiger partial charge is 0.381 e. The van der Waals surface area contributed by atoms with Crippen LogP contribution in [0.4, 0.5) is 18.9 Å². The van der Waals surface area contributed by atoms with Crippen molar-refractivity contribution in [1.82, 2.24) is 9.21 Å². The Bertz CT molecular complexity index is 954. The number of piperidine rings is 1. The molecule has 1 aromatic carbocycles. The number of hydrogen-bond donors (Lipinski definition) is 1. The number of thiophene rings is 1. The van der Waals surface area contributed by atoms with E-state index >= 15 is 0 Å². The predicted octanol–water partition coefficient (Wildman–Crippen LogP) is 4.84. The van der Waals surface area contributed by atoms with E-state index in [0.29, 0.717) is 18.2 Å². The minimum atomic E-state index is -4.70. The van der Waals surface area contributed by atoms with Crippen LogP contribution in [0, 0.1) is 0 Å². The zero-order valence-corrected chi connectivity index (χ0v) is 23.1. The number of aliphatic hydroxyl groups is 1. The molecule has 206 valence electrons. The molecule has 3 aliphatic heterocycles. The predicted molar refractivity (Wildman–Crippen MR) is 142 cm³/mol. The Labute approximate surface area is 225 Å². The minimum Gasteiger partial charge on any atom is -0.381 e. The first-order valence-corrected chi connectivity index (χ1v) is 14.2. The van der Waals surface area contributed by atoms with Gasteiger partial charge in [-0.25, -0.2) is 4.31 Å². The summed E-state index contributed by atoms with van der Waals surface area (Å²) in [6.45, 7) is 5.93. The number of likely N-dealkylation sites (N-methyl/N-ethyl adjacent to an activating group) is 1. The molecule has 3 aliphatic rings. The van der Waals surface area contributed by atoms with Gasteiger partial charge in [-0.2, -0.15) is 13.2 Å². The Hall–Kier alpha value is -1.34. The molecule has 2 aromatic rings. The van der Waals surface area contributed by atoms with Gasteiger partial charge in [-0.05, 0) is 67.9 Å². The van der Waals surface area contributed by atoms with Crippen molar-refractivity contribution < 1.29 is 27.8 Å². The topological polar surface area (TPSA) is 48.4 Å². The highest BCUT2D eigenvalue weighted by Crippen LogP contribution is 2.39. The molecule has 6 nitrogen and oxygen atoms in total. The lowest BCUT2D eigenvalue weighted by Gasteiger charge is -2.46. The molecule has 3 unspecified atom stereocenters. The van der Waals surface area contributed by atoms with Crippen LogP contribution in [-0.2, 0) is 15.1 Å². The molecule has 4 heterocycles. The maximum absolute atomic E-state index is 12.9. The Morgan fingerprint density at radius 3 is 2.16 bits per heavy atom. The van der Waals surface area contributed by atoms with Crippen molar-refractivity contribution in [3.05, 3.63) is 47.3 Å². The Morgan fingerprint density at radius 1 is 1.03 bits per heavy atom. The fourth-order valence-electron chi connectivity index (χ4n) is 4.88. The number of rotatable bonds is 5. The molecule has 5 rings (SSSR count). The second-order valence-electron chi connectivity index (χ2n) is 9.90. The van der Waals surface area contributed by atoms with Gasteiger partial charge in [0.15, 0.2) is 5.60 Å². The van der Waals surface area contributed by atoms with E-state index < -0.39 is 11.8 Å². The summed E-state index contributed by atoms with van der Waals surface area (Å²) in [6, 6.07) is 11.3. The van der Waals surface area contributed by atoms with Crippen LogP contribution in [0.25, 0.3) is 0 Å². The van der Waals surface area contributed by atoms with Crippen LogP contribution in [0.5, 0.6) is 0 Å².